The Balaban J connectivity index is 1.90. The Morgan fingerprint density at radius 3 is 2.71 bits per heavy atom. The van der Waals surface area contributed by atoms with Gasteiger partial charge in [-0.15, -0.1) is 0 Å². The highest BCUT2D eigenvalue weighted by Gasteiger charge is 2.19. The number of rotatable bonds is 6. The summed E-state index contributed by atoms with van der Waals surface area (Å²) in [5.41, 5.74) is 1.36. The minimum atomic E-state index is -1.03. The SMILES string of the molecule is O=C(O)C[C@@H](NC(=O)OCc1ccccc1)c1cnc[nH]1. The number of carbonyl (C=O) groups excluding carboxylic acids is 1. The second kappa shape index (κ2) is 7.09. The van der Waals surface area contributed by atoms with Crippen LogP contribution in [0.5, 0.6) is 0 Å². The molecule has 7 nitrogen and oxygen atoms in total. The van der Waals surface area contributed by atoms with Gasteiger partial charge in [-0.1, -0.05) is 30.3 Å². The molecule has 0 saturated carbocycles. The maximum absolute atomic E-state index is 11.7. The van der Waals surface area contributed by atoms with E-state index in [4.69, 9.17) is 9.84 Å². The van der Waals surface area contributed by atoms with Crippen molar-refractivity contribution in [2.24, 2.45) is 0 Å². The zero-order chi connectivity index (χ0) is 15.1. The molecule has 7 heteroatoms. The van der Waals surface area contributed by atoms with Crippen LogP contribution in [-0.2, 0) is 16.1 Å². The van der Waals surface area contributed by atoms with Gasteiger partial charge >= 0.3 is 12.1 Å². The predicted molar refractivity (Wildman–Crippen MR) is 73.3 cm³/mol. The molecule has 1 atom stereocenters. The number of aromatic nitrogens is 2. The molecule has 0 radical (unpaired) electrons. The molecular formula is C14H15N3O4. The predicted octanol–water partition coefficient (Wildman–Crippen LogP) is 1.85. The zero-order valence-corrected chi connectivity index (χ0v) is 11.2. The van der Waals surface area contributed by atoms with Crippen molar-refractivity contribution in [3.05, 3.63) is 54.1 Å². The van der Waals surface area contributed by atoms with E-state index in [1.165, 1.54) is 12.5 Å². The second-order valence-corrected chi connectivity index (χ2v) is 4.36. The highest BCUT2D eigenvalue weighted by Crippen LogP contribution is 2.14. The summed E-state index contributed by atoms with van der Waals surface area (Å²) in [7, 11) is 0. The maximum Gasteiger partial charge on any atom is 0.408 e. The van der Waals surface area contributed by atoms with E-state index < -0.39 is 18.1 Å². The zero-order valence-electron chi connectivity index (χ0n) is 11.2. The van der Waals surface area contributed by atoms with Gasteiger partial charge in [0.15, 0.2) is 0 Å². The number of hydrogen-bond acceptors (Lipinski definition) is 4. The van der Waals surface area contributed by atoms with E-state index in [1.54, 1.807) is 0 Å². The lowest BCUT2D eigenvalue weighted by Gasteiger charge is -2.15. The number of hydrogen-bond donors (Lipinski definition) is 3. The molecule has 1 amide bonds. The van der Waals surface area contributed by atoms with Crippen LogP contribution in [0.25, 0.3) is 0 Å². The lowest BCUT2D eigenvalue weighted by molar-refractivity contribution is -0.137. The van der Waals surface area contributed by atoms with Crippen LogP contribution in [0, 0.1) is 0 Å². The van der Waals surface area contributed by atoms with Gasteiger partial charge in [-0.05, 0) is 5.56 Å². The summed E-state index contributed by atoms with van der Waals surface area (Å²) in [6.07, 6.45) is 1.94. The largest absolute Gasteiger partial charge is 0.481 e. The molecule has 0 aliphatic heterocycles. The Labute approximate surface area is 121 Å². The van der Waals surface area contributed by atoms with Crippen LogP contribution in [0.2, 0.25) is 0 Å². The van der Waals surface area contributed by atoms with E-state index in [-0.39, 0.29) is 13.0 Å². The minimum absolute atomic E-state index is 0.120. The fraction of sp³-hybridized carbons (Fsp3) is 0.214. The molecular weight excluding hydrogens is 274 g/mol. The number of nitrogens with one attached hydrogen (secondary N) is 2. The number of imidazole rings is 1. The number of amides is 1. The Kier molecular flexibility index (Phi) is 4.92. The van der Waals surface area contributed by atoms with Crippen LogP contribution in [0.3, 0.4) is 0 Å². The Morgan fingerprint density at radius 2 is 2.10 bits per heavy atom. The molecule has 110 valence electrons. The second-order valence-electron chi connectivity index (χ2n) is 4.36. The highest BCUT2D eigenvalue weighted by atomic mass is 16.5. The number of benzene rings is 1. The summed E-state index contributed by atoms with van der Waals surface area (Å²) in [6.45, 7) is 0.120. The molecule has 0 aliphatic carbocycles. The first-order valence-electron chi connectivity index (χ1n) is 6.32. The van der Waals surface area contributed by atoms with Crippen molar-refractivity contribution in [2.75, 3.05) is 0 Å². The highest BCUT2D eigenvalue weighted by molar-refractivity contribution is 5.71. The van der Waals surface area contributed by atoms with E-state index in [2.05, 4.69) is 15.3 Å². The van der Waals surface area contributed by atoms with Crippen LogP contribution < -0.4 is 5.32 Å². The Bertz CT molecular complexity index is 584. The topological polar surface area (TPSA) is 104 Å². The van der Waals surface area contributed by atoms with Gasteiger partial charge in [0.1, 0.15) is 6.61 Å². The number of carbonyl (C=O) groups is 2. The van der Waals surface area contributed by atoms with E-state index in [1.807, 2.05) is 30.3 Å². The van der Waals surface area contributed by atoms with E-state index in [0.717, 1.165) is 5.56 Å². The Hall–Kier alpha value is -2.83. The molecule has 3 N–H and O–H groups in total. The third-order valence-electron chi connectivity index (χ3n) is 2.78. The molecule has 0 spiro atoms. The minimum Gasteiger partial charge on any atom is -0.481 e. The molecule has 1 aromatic carbocycles. The fourth-order valence-electron chi connectivity index (χ4n) is 1.78. The van der Waals surface area contributed by atoms with Crippen molar-refractivity contribution in [1.29, 1.82) is 0 Å². The molecule has 0 bridgehead atoms. The molecule has 0 fully saturated rings. The number of carboxylic acids is 1. The molecule has 1 aromatic heterocycles. The van der Waals surface area contributed by atoms with Gasteiger partial charge < -0.3 is 20.1 Å². The van der Waals surface area contributed by atoms with E-state index >= 15 is 0 Å². The first-order chi connectivity index (χ1) is 10.1. The molecule has 1 heterocycles. The van der Waals surface area contributed by atoms with Crippen molar-refractivity contribution < 1.29 is 19.4 Å². The lowest BCUT2D eigenvalue weighted by Crippen LogP contribution is -2.30. The van der Waals surface area contributed by atoms with Gasteiger partial charge in [-0.25, -0.2) is 9.78 Å². The summed E-state index contributed by atoms with van der Waals surface area (Å²) in [6, 6.07) is 8.50. The van der Waals surface area contributed by atoms with Crippen molar-refractivity contribution in [1.82, 2.24) is 15.3 Å². The summed E-state index contributed by atoms with van der Waals surface area (Å²) >= 11 is 0. The average molecular weight is 289 g/mol. The van der Waals surface area contributed by atoms with Gasteiger partial charge in [0.05, 0.1) is 30.7 Å². The first-order valence-corrected chi connectivity index (χ1v) is 6.32. The number of nitrogens with zero attached hydrogens (tertiary/aromatic N) is 1. The van der Waals surface area contributed by atoms with Crippen LogP contribution >= 0.6 is 0 Å². The number of H-pyrrole nitrogens is 1. The smallest absolute Gasteiger partial charge is 0.408 e. The maximum atomic E-state index is 11.7. The molecule has 0 saturated heterocycles. The van der Waals surface area contributed by atoms with E-state index in [9.17, 15) is 9.59 Å². The summed E-state index contributed by atoms with van der Waals surface area (Å²) < 4.78 is 5.06. The van der Waals surface area contributed by atoms with Gasteiger partial charge in [0.25, 0.3) is 0 Å². The number of carboxylic acid groups (broad SMARTS) is 1. The number of aromatic amines is 1. The fourth-order valence-corrected chi connectivity index (χ4v) is 1.78. The summed E-state index contributed by atoms with van der Waals surface area (Å²) in [5.74, 6) is -1.03. The van der Waals surface area contributed by atoms with Crippen LogP contribution in [0.15, 0.2) is 42.9 Å². The van der Waals surface area contributed by atoms with Crippen molar-refractivity contribution in [3.63, 3.8) is 0 Å². The van der Waals surface area contributed by atoms with Gasteiger partial charge in [0.2, 0.25) is 0 Å². The Morgan fingerprint density at radius 1 is 1.33 bits per heavy atom. The van der Waals surface area contributed by atoms with Gasteiger partial charge in [-0.3, -0.25) is 4.79 Å². The standard InChI is InChI=1S/C14H15N3O4/c18-13(19)6-11(12-7-15-9-16-12)17-14(20)21-8-10-4-2-1-3-5-10/h1-5,7,9,11H,6,8H2,(H,15,16)(H,17,20)(H,18,19)/t11-/m1/s1. The third-order valence-corrected chi connectivity index (χ3v) is 2.78. The lowest BCUT2D eigenvalue weighted by atomic mass is 10.1. The van der Waals surface area contributed by atoms with Crippen LogP contribution in [-0.4, -0.2) is 27.1 Å². The van der Waals surface area contributed by atoms with Crippen LogP contribution in [0.1, 0.15) is 23.7 Å². The van der Waals surface area contributed by atoms with Gasteiger partial charge in [-0.2, -0.15) is 0 Å². The van der Waals surface area contributed by atoms with E-state index in [0.29, 0.717) is 5.69 Å². The summed E-state index contributed by atoms with van der Waals surface area (Å²) in [4.78, 5) is 29.2. The summed E-state index contributed by atoms with van der Waals surface area (Å²) in [5, 5.41) is 11.4. The monoisotopic (exact) mass is 289 g/mol. The molecule has 2 aromatic rings. The molecule has 0 aliphatic rings. The van der Waals surface area contributed by atoms with Crippen molar-refractivity contribution >= 4 is 12.1 Å². The molecule has 2 rings (SSSR count). The van der Waals surface area contributed by atoms with Gasteiger partial charge in [0, 0.05) is 0 Å². The number of ether oxygens (including phenoxy) is 1. The van der Waals surface area contributed by atoms with Crippen molar-refractivity contribution in [2.45, 2.75) is 19.1 Å². The third kappa shape index (κ3) is 4.64. The average Bonchev–Trinajstić information content (AvgIpc) is 2.99. The molecule has 0 unspecified atom stereocenters. The first kappa shape index (κ1) is 14.6. The van der Waals surface area contributed by atoms with Crippen LogP contribution in [0.4, 0.5) is 4.79 Å². The van der Waals surface area contributed by atoms with Crippen molar-refractivity contribution in [3.8, 4) is 0 Å². The number of aliphatic carboxylic acids is 1. The normalized spacial score (nSPS) is 11.6. The quantitative estimate of drug-likeness (QED) is 0.752. The molecule has 21 heavy (non-hydrogen) atoms. The number of alkyl carbamates (subject to hydrolysis) is 1.